The summed E-state index contributed by atoms with van der Waals surface area (Å²) in [4.78, 5) is 10.8. The number of rotatable bonds is 6. The Morgan fingerprint density at radius 3 is 1.73 bits per heavy atom. The van der Waals surface area contributed by atoms with E-state index >= 15 is 0 Å². The summed E-state index contributed by atoms with van der Waals surface area (Å²) in [6, 6.07) is 61.8. The molecule has 0 bridgehead atoms. The molecule has 0 radical (unpaired) electrons. The lowest BCUT2D eigenvalue weighted by molar-refractivity contribution is 0.702. The number of benzene rings is 7. The molecule has 1 aliphatic carbocycles. The summed E-state index contributed by atoms with van der Waals surface area (Å²) in [6.45, 7) is 0. The lowest BCUT2D eigenvalue weighted by Crippen LogP contribution is -2.22. The van der Waals surface area contributed by atoms with Gasteiger partial charge in [-0.25, -0.2) is 4.99 Å². The molecule has 3 nitrogen and oxygen atoms in total. The Labute approximate surface area is 286 Å². The number of amidine groups is 1. The van der Waals surface area contributed by atoms with Crippen LogP contribution in [0.15, 0.2) is 180 Å². The second-order valence-electron chi connectivity index (χ2n) is 12.9. The van der Waals surface area contributed by atoms with Crippen molar-refractivity contribution in [3.05, 3.63) is 192 Å². The lowest BCUT2D eigenvalue weighted by atomic mass is 9.91. The highest BCUT2D eigenvalue weighted by Gasteiger charge is 2.60. The second kappa shape index (κ2) is 11.7. The van der Waals surface area contributed by atoms with Crippen molar-refractivity contribution in [1.29, 1.82) is 5.26 Å². The van der Waals surface area contributed by atoms with Crippen LogP contribution in [-0.4, -0.2) is 11.5 Å². The van der Waals surface area contributed by atoms with Crippen molar-refractivity contribution in [2.75, 3.05) is 0 Å². The van der Waals surface area contributed by atoms with Gasteiger partial charge in [0.05, 0.1) is 22.9 Å². The van der Waals surface area contributed by atoms with Crippen LogP contribution in [0.3, 0.4) is 0 Å². The average molecular weight is 626 g/mol. The van der Waals surface area contributed by atoms with Gasteiger partial charge in [-0.15, -0.1) is 0 Å². The van der Waals surface area contributed by atoms with Crippen molar-refractivity contribution in [3.63, 3.8) is 0 Å². The van der Waals surface area contributed by atoms with E-state index < -0.39 is 0 Å². The van der Waals surface area contributed by atoms with E-state index in [4.69, 9.17) is 9.98 Å². The first kappa shape index (κ1) is 28.8. The Morgan fingerprint density at radius 2 is 1.06 bits per heavy atom. The molecule has 0 aromatic heterocycles. The first-order valence-electron chi connectivity index (χ1n) is 16.7. The van der Waals surface area contributed by atoms with Crippen LogP contribution in [0.4, 0.5) is 0 Å². The SMILES string of the molecule is N#Cc1ccc(-c2ccc(-c3cccc(C4=NC5(c6ccc(-c7ccccc7)cc6)CC5C(c5ccccc5)=N4)c3)c3ccccc23)cc1. The van der Waals surface area contributed by atoms with Crippen LogP contribution in [0.25, 0.3) is 44.2 Å². The first-order valence-corrected chi connectivity index (χ1v) is 16.7. The van der Waals surface area contributed by atoms with Gasteiger partial charge in [-0.1, -0.05) is 152 Å². The summed E-state index contributed by atoms with van der Waals surface area (Å²) in [5.74, 6) is 1.02. The number of aliphatic imine (C=N–C) groups is 2. The fraction of sp³-hybridized carbons (Fsp3) is 0.0652. The predicted octanol–water partition coefficient (Wildman–Crippen LogP) is 10.9. The zero-order valence-corrected chi connectivity index (χ0v) is 26.8. The molecule has 9 rings (SSSR count). The van der Waals surface area contributed by atoms with Crippen LogP contribution < -0.4 is 0 Å². The van der Waals surface area contributed by atoms with Gasteiger partial charge in [-0.2, -0.15) is 5.26 Å². The molecule has 7 aromatic rings. The highest BCUT2D eigenvalue weighted by molar-refractivity contribution is 6.17. The van der Waals surface area contributed by atoms with Gasteiger partial charge in [0.25, 0.3) is 0 Å². The molecule has 3 heteroatoms. The number of nitriles is 1. The van der Waals surface area contributed by atoms with Crippen molar-refractivity contribution < 1.29 is 0 Å². The maximum absolute atomic E-state index is 9.29. The largest absolute Gasteiger partial charge is 0.254 e. The summed E-state index contributed by atoms with van der Waals surface area (Å²) in [5, 5.41) is 11.6. The molecule has 2 aliphatic rings. The molecule has 1 heterocycles. The lowest BCUT2D eigenvalue weighted by Gasteiger charge is -2.22. The van der Waals surface area contributed by atoms with Crippen molar-refractivity contribution >= 4 is 22.3 Å². The number of fused-ring (bicyclic) bond motifs is 2. The summed E-state index contributed by atoms with van der Waals surface area (Å²) in [6.07, 6.45) is 0.941. The molecule has 0 N–H and O–H groups in total. The van der Waals surface area contributed by atoms with Gasteiger partial charge in [0.15, 0.2) is 5.84 Å². The van der Waals surface area contributed by atoms with Crippen LogP contribution in [0.1, 0.15) is 28.7 Å². The maximum Gasteiger partial charge on any atom is 0.155 e. The highest BCUT2D eigenvalue weighted by Crippen LogP contribution is 2.59. The first-order chi connectivity index (χ1) is 24.2. The normalized spacial score (nSPS) is 17.8. The molecule has 1 aliphatic heterocycles. The van der Waals surface area contributed by atoms with Crippen LogP contribution in [0.5, 0.6) is 0 Å². The average Bonchev–Trinajstić information content (AvgIpc) is 3.94. The van der Waals surface area contributed by atoms with Crippen LogP contribution in [0.2, 0.25) is 0 Å². The van der Waals surface area contributed by atoms with Gasteiger partial charge in [0.1, 0.15) is 0 Å². The summed E-state index contributed by atoms with van der Waals surface area (Å²) in [7, 11) is 0. The smallest absolute Gasteiger partial charge is 0.155 e. The van der Waals surface area contributed by atoms with E-state index in [-0.39, 0.29) is 11.5 Å². The minimum absolute atomic E-state index is 0.239. The molecule has 7 aromatic carbocycles. The Balaban J connectivity index is 1.13. The Hall–Kier alpha value is -6.37. The standard InChI is InChI=1S/C46H31N3/c47-30-31-18-20-34(21-19-31)39-26-27-40(42-17-8-7-16-41(39)42)36-14-9-15-37(28-36)45-48-44(35-12-5-2-6-13-35)43-29-46(43,49-45)38-24-22-33(23-25-38)32-10-3-1-4-11-32/h1-28,43H,29H2. The zero-order chi connectivity index (χ0) is 32.8. The fourth-order valence-corrected chi connectivity index (χ4v) is 7.43. The van der Waals surface area contributed by atoms with E-state index in [1.54, 1.807) is 0 Å². The van der Waals surface area contributed by atoms with Crippen molar-refractivity contribution in [3.8, 4) is 39.4 Å². The van der Waals surface area contributed by atoms with E-state index in [0.717, 1.165) is 51.3 Å². The second-order valence-corrected chi connectivity index (χ2v) is 12.9. The van der Waals surface area contributed by atoms with Crippen LogP contribution in [-0.2, 0) is 5.54 Å². The summed E-state index contributed by atoms with van der Waals surface area (Å²) >= 11 is 0. The Kier molecular flexibility index (Phi) is 6.88. The Morgan fingerprint density at radius 1 is 0.510 bits per heavy atom. The van der Waals surface area contributed by atoms with Crippen LogP contribution in [0, 0.1) is 17.2 Å². The maximum atomic E-state index is 9.29. The minimum atomic E-state index is -0.330. The minimum Gasteiger partial charge on any atom is -0.254 e. The molecular weight excluding hydrogens is 595 g/mol. The van der Waals surface area contributed by atoms with Gasteiger partial charge in [0.2, 0.25) is 0 Å². The van der Waals surface area contributed by atoms with Crippen molar-refractivity contribution in [2.24, 2.45) is 15.9 Å². The topological polar surface area (TPSA) is 48.5 Å². The van der Waals surface area contributed by atoms with Crippen molar-refractivity contribution in [2.45, 2.75) is 12.0 Å². The molecule has 49 heavy (non-hydrogen) atoms. The molecule has 0 saturated heterocycles. The predicted molar refractivity (Wildman–Crippen MR) is 201 cm³/mol. The molecule has 0 spiro atoms. The summed E-state index contributed by atoms with van der Waals surface area (Å²) < 4.78 is 0. The van der Waals surface area contributed by atoms with Crippen LogP contribution >= 0.6 is 0 Å². The summed E-state index contributed by atoms with van der Waals surface area (Å²) in [5.41, 5.74) is 11.8. The zero-order valence-electron chi connectivity index (χ0n) is 26.8. The van der Waals surface area contributed by atoms with E-state index in [9.17, 15) is 5.26 Å². The third-order valence-electron chi connectivity index (χ3n) is 10.0. The third-order valence-corrected chi connectivity index (χ3v) is 10.0. The number of hydrogen-bond acceptors (Lipinski definition) is 3. The van der Waals surface area contributed by atoms with Gasteiger partial charge < -0.3 is 0 Å². The molecule has 230 valence electrons. The van der Waals surface area contributed by atoms with Gasteiger partial charge >= 0.3 is 0 Å². The third kappa shape index (κ3) is 5.06. The van der Waals surface area contributed by atoms with E-state index in [1.165, 1.54) is 27.5 Å². The van der Waals surface area contributed by atoms with E-state index in [0.29, 0.717) is 5.56 Å². The molecule has 2 atom stereocenters. The van der Waals surface area contributed by atoms with Gasteiger partial charge in [-0.05, 0) is 79.9 Å². The van der Waals surface area contributed by atoms with E-state index in [1.807, 2.05) is 24.3 Å². The Bertz CT molecular complexity index is 2450. The monoisotopic (exact) mass is 625 g/mol. The molecule has 1 fully saturated rings. The highest BCUT2D eigenvalue weighted by atomic mass is 15.1. The van der Waals surface area contributed by atoms with Gasteiger partial charge in [-0.3, -0.25) is 4.99 Å². The molecule has 1 saturated carbocycles. The quantitative estimate of drug-likeness (QED) is 0.181. The number of nitrogens with zero attached hydrogens (tertiary/aromatic N) is 3. The molecule has 2 unspecified atom stereocenters. The molecule has 0 amide bonds. The fourth-order valence-electron chi connectivity index (χ4n) is 7.43. The number of hydrogen-bond donors (Lipinski definition) is 0. The van der Waals surface area contributed by atoms with Gasteiger partial charge in [0, 0.05) is 11.5 Å². The molecular formula is C46H31N3. The van der Waals surface area contributed by atoms with Crippen molar-refractivity contribution in [1.82, 2.24) is 0 Å². The van der Waals surface area contributed by atoms with E-state index in [2.05, 4.69) is 152 Å².